The molecule has 0 aliphatic heterocycles. The fraction of sp³-hybridized carbons (Fsp3) is 0.222. The summed E-state index contributed by atoms with van der Waals surface area (Å²) in [7, 11) is 0. The van der Waals surface area contributed by atoms with Gasteiger partial charge in [-0.3, -0.25) is 4.98 Å². The first kappa shape index (κ1) is 8.83. The number of rotatable bonds is 2. The maximum atomic E-state index is 5.59. The largest absolute Gasteiger partial charge is 0.337 e. The van der Waals surface area contributed by atoms with Crippen LogP contribution in [-0.2, 0) is 0 Å². The first-order valence-corrected chi connectivity index (χ1v) is 4.27. The quantitative estimate of drug-likeness (QED) is 0.768. The maximum Gasteiger partial charge on any atom is 0.243 e. The molecular formula is C9H10N4O. The summed E-state index contributed by atoms with van der Waals surface area (Å²) in [6, 6.07) is 3.44. The predicted octanol–water partition coefficient (Wildman–Crippen LogP) is 1.15. The van der Waals surface area contributed by atoms with Crippen LogP contribution in [0.1, 0.15) is 18.9 Å². The van der Waals surface area contributed by atoms with Gasteiger partial charge in [0, 0.05) is 18.0 Å². The highest BCUT2D eigenvalue weighted by molar-refractivity contribution is 5.51. The molecule has 0 spiro atoms. The third-order valence-electron chi connectivity index (χ3n) is 1.75. The van der Waals surface area contributed by atoms with E-state index in [4.69, 9.17) is 10.3 Å². The summed E-state index contributed by atoms with van der Waals surface area (Å²) >= 11 is 0. The Hall–Kier alpha value is -1.75. The molecule has 2 heterocycles. The van der Waals surface area contributed by atoms with Gasteiger partial charge in [-0.1, -0.05) is 5.16 Å². The molecule has 5 heteroatoms. The Morgan fingerprint density at radius 1 is 1.50 bits per heavy atom. The Morgan fingerprint density at radius 2 is 2.36 bits per heavy atom. The highest BCUT2D eigenvalue weighted by Crippen LogP contribution is 2.15. The van der Waals surface area contributed by atoms with Gasteiger partial charge in [0.2, 0.25) is 11.7 Å². The van der Waals surface area contributed by atoms with Crippen LogP contribution >= 0.6 is 0 Å². The van der Waals surface area contributed by atoms with Crippen LogP contribution in [0, 0.1) is 0 Å². The standard InChI is InChI=1S/C9H10N4O/c1-6(10)9-12-8(13-14-9)7-3-2-4-11-5-7/h2-6H,10H2,1H3/t6-/m1/s1. The minimum atomic E-state index is -0.243. The second-order valence-electron chi connectivity index (χ2n) is 2.99. The molecule has 0 aliphatic rings. The molecule has 0 saturated carbocycles. The van der Waals surface area contributed by atoms with E-state index in [0.717, 1.165) is 5.56 Å². The van der Waals surface area contributed by atoms with Crippen molar-refractivity contribution in [1.82, 2.24) is 15.1 Å². The number of aromatic nitrogens is 3. The topological polar surface area (TPSA) is 77.8 Å². The van der Waals surface area contributed by atoms with Gasteiger partial charge < -0.3 is 10.3 Å². The molecule has 0 fully saturated rings. The SMILES string of the molecule is C[C@@H](N)c1nc(-c2cccnc2)no1. The lowest BCUT2D eigenvalue weighted by atomic mass is 10.3. The summed E-state index contributed by atoms with van der Waals surface area (Å²) in [6.45, 7) is 1.79. The van der Waals surface area contributed by atoms with Crippen molar-refractivity contribution in [3.63, 3.8) is 0 Å². The Kier molecular flexibility index (Phi) is 2.24. The van der Waals surface area contributed by atoms with E-state index in [1.165, 1.54) is 0 Å². The van der Waals surface area contributed by atoms with Crippen LogP contribution < -0.4 is 5.73 Å². The fourth-order valence-electron chi connectivity index (χ4n) is 1.03. The van der Waals surface area contributed by atoms with E-state index < -0.39 is 0 Å². The van der Waals surface area contributed by atoms with E-state index in [1.54, 1.807) is 19.3 Å². The average molecular weight is 190 g/mol. The Balaban J connectivity index is 2.34. The predicted molar refractivity (Wildman–Crippen MR) is 50.1 cm³/mol. The molecule has 14 heavy (non-hydrogen) atoms. The summed E-state index contributed by atoms with van der Waals surface area (Å²) < 4.78 is 4.97. The zero-order chi connectivity index (χ0) is 9.97. The first-order chi connectivity index (χ1) is 6.77. The summed E-state index contributed by atoms with van der Waals surface area (Å²) in [5, 5.41) is 3.80. The van der Waals surface area contributed by atoms with Crippen LogP contribution in [0.2, 0.25) is 0 Å². The summed E-state index contributed by atoms with van der Waals surface area (Å²) in [5.41, 5.74) is 6.42. The third kappa shape index (κ3) is 1.62. The summed E-state index contributed by atoms with van der Waals surface area (Å²) in [4.78, 5) is 8.10. The van der Waals surface area contributed by atoms with Crippen LogP contribution in [0.3, 0.4) is 0 Å². The molecular weight excluding hydrogens is 180 g/mol. The highest BCUT2D eigenvalue weighted by atomic mass is 16.5. The molecule has 2 rings (SSSR count). The highest BCUT2D eigenvalue weighted by Gasteiger charge is 2.11. The van der Waals surface area contributed by atoms with E-state index in [-0.39, 0.29) is 6.04 Å². The molecule has 2 aromatic heterocycles. The molecule has 2 aromatic rings. The van der Waals surface area contributed by atoms with Crippen molar-refractivity contribution in [2.45, 2.75) is 13.0 Å². The van der Waals surface area contributed by atoms with Crippen molar-refractivity contribution in [2.75, 3.05) is 0 Å². The van der Waals surface area contributed by atoms with Crippen LogP contribution in [0.4, 0.5) is 0 Å². The Bertz CT molecular complexity index is 410. The van der Waals surface area contributed by atoms with E-state index in [9.17, 15) is 0 Å². The second-order valence-corrected chi connectivity index (χ2v) is 2.99. The van der Waals surface area contributed by atoms with Gasteiger partial charge in [0.1, 0.15) is 0 Å². The normalized spacial score (nSPS) is 12.7. The third-order valence-corrected chi connectivity index (χ3v) is 1.75. The van der Waals surface area contributed by atoms with Gasteiger partial charge in [-0.25, -0.2) is 0 Å². The van der Waals surface area contributed by atoms with Gasteiger partial charge in [0.05, 0.1) is 6.04 Å². The average Bonchev–Trinajstić information content (AvgIpc) is 2.68. The molecule has 0 bridgehead atoms. The lowest BCUT2D eigenvalue weighted by Crippen LogP contribution is -2.04. The number of hydrogen-bond donors (Lipinski definition) is 1. The lowest BCUT2D eigenvalue weighted by molar-refractivity contribution is 0.362. The van der Waals surface area contributed by atoms with Crippen molar-refractivity contribution < 1.29 is 4.52 Å². The molecule has 0 unspecified atom stereocenters. The van der Waals surface area contributed by atoms with Gasteiger partial charge >= 0.3 is 0 Å². The molecule has 0 aromatic carbocycles. The second kappa shape index (κ2) is 3.55. The van der Waals surface area contributed by atoms with Crippen molar-refractivity contribution in [3.05, 3.63) is 30.4 Å². The van der Waals surface area contributed by atoms with Crippen molar-refractivity contribution in [2.24, 2.45) is 5.73 Å². The molecule has 0 radical (unpaired) electrons. The van der Waals surface area contributed by atoms with Crippen molar-refractivity contribution in [3.8, 4) is 11.4 Å². The Morgan fingerprint density at radius 3 is 2.93 bits per heavy atom. The number of nitrogens with two attached hydrogens (primary N) is 1. The van der Waals surface area contributed by atoms with Crippen molar-refractivity contribution in [1.29, 1.82) is 0 Å². The minimum Gasteiger partial charge on any atom is -0.337 e. The molecule has 72 valence electrons. The van der Waals surface area contributed by atoms with E-state index >= 15 is 0 Å². The zero-order valence-electron chi connectivity index (χ0n) is 7.71. The Labute approximate surface area is 81.0 Å². The number of hydrogen-bond acceptors (Lipinski definition) is 5. The van der Waals surface area contributed by atoms with Crippen LogP contribution in [0.15, 0.2) is 29.0 Å². The monoisotopic (exact) mass is 190 g/mol. The van der Waals surface area contributed by atoms with Gasteiger partial charge in [-0.15, -0.1) is 0 Å². The van der Waals surface area contributed by atoms with Crippen LogP contribution in [0.25, 0.3) is 11.4 Å². The van der Waals surface area contributed by atoms with E-state index in [1.807, 2.05) is 12.1 Å². The lowest BCUT2D eigenvalue weighted by Gasteiger charge is -1.93. The minimum absolute atomic E-state index is 0.243. The van der Waals surface area contributed by atoms with E-state index in [2.05, 4.69) is 15.1 Å². The van der Waals surface area contributed by atoms with Crippen molar-refractivity contribution >= 4 is 0 Å². The van der Waals surface area contributed by atoms with Gasteiger partial charge in [-0.05, 0) is 19.1 Å². The molecule has 1 atom stereocenters. The fourth-order valence-corrected chi connectivity index (χ4v) is 1.03. The summed E-state index contributed by atoms with van der Waals surface area (Å²) in [5.74, 6) is 0.953. The van der Waals surface area contributed by atoms with Crippen LogP contribution in [0.5, 0.6) is 0 Å². The van der Waals surface area contributed by atoms with Crippen LogP contribution in [-0.4, -0.2) is 15.1 Å². The smallest absolute Gasteiger partial charge is 0.243 e. The zero-order valence-corrected chi connectivity index (χ0v) is 7.71. The number of nitrogens with zero attached hydrogens (tertiary/aromatic N) is 3. The summed E-state index contributed by atoms with van der Waals surface area (Å²) in [6.07, 6.45) is 3.37. The first-order valence-electron chi connectivity index (χ1n) is 4.27. The van der Waals surface area contributed by atoms with Gasteiger partial charge in [0.15, 0.2) is 0 Å². The maximum absolute atomic E-state index is 5.59. The molecule has 5 nitrogen and oxygen atoms in total. The van der Waals surface area contributed by atoms with Gasteiger partial charge in [0.25, 0.3) is 0 Å². The van der Waals surface area contributed by atoms with Gasteiger partial charge in [-0.2, -0.15) is 4.98 Å². The number of pyridine rings is 1. The molecule has 2 N–H and O–H groups in total. The molecule has 0 amide bonds. The molecule has 0 aliphatic carbocycles. The van der Waals surface area contributed by atoms with E-state index in [0.29, 0.717) is 11.7 Å². The molecule has 0 saturated heterocycles.